The van der Waals surface area contributed by atoms with Gasteiger partial charge in [-0.25, -0.2) is 9.07 Å². The predicted molar refractivity (Wildman–Crippen MR) is 38.8 cm³/mol. The quantitative estimate of drug-likeness (QED) is 0.648. The summed E-state index contributed by atoms with van der Waals surface area (Å²) in [5, 5.41) is 13.7. The molecule has 1 rings (SSSR count). The highest BCUT2D eigenvalue weighted by molar-refractivity contribution is 5.80. The first kappa shape index (κ1) is 7.59. The van der Waals surface area contributed by atoms with Crippen molar-refractivity contribution in [3.05, 3.63) is 18.2 Å². The number of rotatable bonds is 2. The summed E-state index contributed by atoms with van der Waals surface area (Å²) in [4.78, 5) is 0. The molecule has 1 aromatic rings. The van der Waals surface area contributed by atoms with Crippen LogP contribution in [-0.2, 0) is 0 Å². The molecule has 0 aliphatic carbocycles. The fraction of sp³-hybridized carbons (Fsp3) is 0.167. The maximum atomic E-state index is 12.6. The van der Waals surface area contributed by atoms with Crippen LogP contribution in [0.4, 0.5) is 4.39 Å². The largest absolute Gasteiger partial charge is 0.306 e. The van der Waals surface area contributed by atoms with E-state index in [1.165, 1.54) is 24.0 Å². The van der Waals surface area contributed by atoms with E-state index in [0.717, 1.165) is 0 Å². The monoisotopic (exact) mass is 154 g/mol. The first-order valence-electron chi connectivity index (χ1n) is 2.99. The van der Waals surface area contributed by atoms with E-state index >= 15 is 0 Å². The lowest BCUT2D eigenvalue weighted by Crippen LogP contribution is -1.97. The topological polar surface area (TPSA) is 54.6 Å². The molecule has 0 saturated carbocycles. The molecule has 4 nitrogen and oxygen atoms in total. The molecule has 0 aromatic carbocycles. The number of hydrogen-bond acceptors (Lipinski definition) is 3. The van der Waals surface area contributed by atoms with Crippen molar-refractivity contribution in [3.63, 3.8) is 0 Å². The first-order valence-corrected chi connectivity index (χ1v) is 2.99. The SMILES string of the molecule is C/C(=C(\F)C=N)n1ccnn1. The Labute approximate surface area is 62.8 Å². The summed E-state index contributed by atoms with van der Waals surface area (Å²) in [6, 6.07) is 0. The van der Waals surface area contributed by atoms with Crippen LogP contribution in [0.5, 0.6) is 0 Å². The molecule has 11 heavy (non-hydrogen) atoms. The van der Waals surface area contributed by atoms with Crippen LogP contribution >= 0.6 is 0 Å². The molecule has 0 aliphatic heterocycles. The highest BCUT2D eigenvalue weighted by Gasteiger charge is 1.99. The molecule has 0 fully saturated rings. The van der Waals surface area contributed by atoms with Crippen LogP contribution in [0.25, 0.3) is 5.70 Å². The van der Waals surface area contributed by atoms with Crippen molar-refractivity contribution in [1.29, 1.82) is 5.41 Å². The highest BCUT2D eigenvalue weighted by Crippen LogP contribution is 2.06. The van der Waals surface area contributed by atoms with Crippen molar-refractivity contribution in [1.82, 2.24) is 15.0 Å². The summed E-state index contributed by atoms with van der Waals surface area (Å²) < 4.78 is 13.9. The van der Waals surface area contributed by atoms with Gasteiger partial charge in [0, 0.05) is 0 Å². The van der Waals surface area contributed by atoms with E-state index in [4.69, 9.17) is 5.41 Å². The molecular formula is C6H7FN4. The van der Waals surface area contributed by atoms with Gasteiger partial charge in [-0.05, 0) is 6.92 Å². The van der Waals surface area contributed by atoms with Crippen molar-refractivity contribution in [2.45, 2.75) is 6.92 Å². The van der Waals surface area contributed by atoms with Crippen LogP contribution in [0, 0.1) is 5.41 Å². The third kappa shape index (κ3) is 1.49. The Morgan fingerprint density at radius 1 is 1.73 bits per heavy atom. The van der Waals surface area contributed by atoms with Gasteiger partial charge in [0.25, 0.3) is 0 Å². The van der Waals surface area contributed by atoms with Crippen molar-refractivity contribution < 1.29 is 4.39 Å². The number of halogens is 1. The predicted octanol–water partition coefficient (Wildman–Crippen LogP) is 1.09. The van der Waals surface area contributed by atoms with E-state index in [1.807, 2.05) is 0 Å². The van der Waals surface area contributed by atoms with Gasteiger partial charge in [-0.1, -0.05) is 5.21 Å². The van der Waals surface area contributed by atoms with Crippen LogP contribution in [0.3, 0.4) is 0 Å². The number of allylic oxidation sites excluding steroid dienone is 2. The fourth-order valence-electron chi connectivity index (χ4n) is 0.601. The summed E-state index contributed by atoms with van der Waals surface area (Å²) in [6.45, 7) is 1.52. The number of hydrogen-bond donors (Lipinski definition) is 1. The summed E-state index contributed by atoms with van der Waals surface area (Å²) in [5.74, 6) is -0.615. The van der Waals surface area contributed by atoms with E-state index in [9.17, 15) is 4.39 Å². The number of nitrogens with one attached hydrogen (secondary N) is 1. The van der Waals surface area contributed by atoms with Crippen molar-refractivity contribution >= 4 is 11.9 Å². The maximum absolute atomic E-state index is 12.6. The molecule has 1 aromatic heterocycles. The molecule has 0 spiro atoms. The molecule has 0 radical (unpaired) electrons. The van der Waals surface area contributed by atoms with Gasteiger partial charge in [0.2, 0.25) is 0 Å². The van der Waals surface area contributed by atoms with Crippen molar-refractivity contribution in [2.24, 2.45) is 0 Å². The van der Waals surface area contributed by atoms with E-state index in [2.05, 4.69) is 10.3 Å². The summed E-state index contributed by atoms with van der Waals surface area (Å²) >= 11 is 0. The maximum Gasteiger partial charge on any atom is 0.161 e. The van der Waals surface area contributed by atoms with Gasteiger partial charge < -0.3 is 5.41 Å². The number of aromatic nitrogens is 3. The minimum absolute atomic E-state index is 0.262. The summed E-state index contributed by atoms with van der Waals surface area (Å²) in [5.41, 5.74) is 0.262. The van der Waals surface area contributed by atoms with Crippen molar-refractivity contribution in [3.8, 4) is 0 Å². The minimum atomic E-state index is -0.615. The molecule has 0 saturated heterocycles. The zero-order valence-electron chi connectivity index (χ0n) is 5.95. The molecule has 1 heterocycles. The second-order valence-electron chi connectivity index (χ2n) is 1.93. The van der Waals surface area contributed by atoms with Crippen molar-refractivity contribution in [2.75, 3.05) is 0 Å². The normalized spacial score (nSPS) is 12.5. The van der Waals surface area contributed by atoms with E-state index in [1.54, 1.807) is 0 Å². The number of nitrogens with zero attached hydrogens (tertiary/aromatic N) is 3. The van der Waals surface area contributed by atoms with E-state index in [-0.39, 0.29) is 5.70 Å². The Kier molecular flexibility index (Phi) is 2.10. The Morgan fingerprint density at radius 3 is 2.91 bits per heavy atom. The van der Waals surface area contributed by atoms with E-state index in [0.29, 0.717) is 6.21 Å². The molecule has 5 heteroatoms. The van der Waals surface area contributed by atoms with Crippen LogP contribution in [0.15, 0.2) is 18.2 Å². The van der Waals surface area contributed by atoms with Gasteiger partial charge in [0.1, 0.15) is 0 Å². The Hall–Kier alpha value is -1.52. The lowest BCUT2D eigenvalue weighted by molar-refractivity contribution is 0.669. The molecular weight excluding hydrogens is 147 g/mol. The third-order valence-electron chi connectivity index (χ3n) is 1.24. The van der Waals surface area contributed by atoms with Crippen LogP contribution in [0.2, 0.25) is 0 Å². The van der Waals surface area contributed by atoms with Crippen LogP contribution in [0.1, 0.15) is 6.92 Å². The molecule has 0 bridgehead atoms. The zero-order chi connectivity index (χ0) is 8.27. The molecule has 0 unspecified atom stereocenters. The lowest BCUT2D eigenvalue weighted by Gasteiger charge is -1.97. The molecule has 0 amide bonds. The highest BCUT2D eigenvalue weighted by atomic mass is 19.1. The van der Waals surface area contributed by atoms with Gasteiger partial charge in [-0.2, -0.15) is 0 Å². The van der Waals surface area contributed by atoms with Gasteiger partial charge >= 0.3 is 0 Å². The van der Waals surface area contributed by atoms with Gasteiger partial charge in [-0.3, -0.25) is 0 Å². The van der Waals surface area contributed by atoms with E-state index < -0.39 is 5.83 Å². The first-order chi connectivity index (χ1) is 5.25. The average Bonchev–Trinajstić information content (AvgIpc) is 2.53. The Balaban J connectivity index is 3.02. The molecule has 1 N–H and O–H groups in total. The van der Waals surface area contributed by atoms with Gasteiger partial charge in [-0.15, -0.1) is 5.10 Å². The average molecular weight is 154 g/mol. The third-order valence-corrected chi connectivity index (χ3v) is 1.24. The van der Waals surface area contributed by atoms with Crippen LogP contribution in [-0.4, -0.2) is 21.2 Å². The van der Waals surface area contributed by atoms with Gasteiger partial charge in [0.15, 0.2) is 5.83 Å². The molecule has 0 aliphatic rings. The Morgan fingerprint density at radius 2 is 2.45 bits per heavy atom. The standard InChI is InChI=1S/C6H7FN4/c1-5(6(7)4-8)11-3-2-9-10-11/h2-4,8H,1H3/b6-5+,8-4?. The second kappa shape index (κ2) is 3.05. The Bertz CT molecular complexity index is 275. The summed E-state index contributed by atoms with van der Waals surface area (Å²) in [6.07, 6.45) is 3.59. The summed E-state index contributed by atoms with van der Waals surface area (Å²) in [7, 11) is 0. The fourth-order valence-corrected chi connectivity index (χ4v) is 0.601. The second-order valence-corrected chi connectivity index (χ2v) is 1.93. The molecule has 0 atom stereocenters. The van der Waals surface area contributed by atoms with Gasteiger partial charge in [0.05, 0.1) is 24.3 Å². The minimum Gasteiger partial charge on any atom is -0.306 e. The zero-order valence-corrected chi connectivity index (χ0v) is 5.95. The smallest absolute Gasteiger partial charge is 0.161 e. The van der Waals surface area contributed by atoms with Crippen LogP contribution < -0.4 is 0 Å². The lowest BCUT2D eigenvalue weighted by atomic mass is 10.4. The molecule has 58 valence electrons.